The molecule has 2 aromatic carbocycles. The first-order valence-electron chi connectivity index (χ1n) is 9.25. The number of nitrogens with one attached hydrogen (secondary N) is 1. The molecule has 0 spiro atoms. The standard InChI is InChI=1S/C21H15F3N4O2S/c1-11(29)26-15-4-2-12-7-18-19(30)28(20(31)27(18)10-14(12)6-15)16-5-3-13(9-25)17(8-16)21(22,23)24/h2-6,8,18H,7,10H2,1H3,(H,26,29). The maximum absolute atomic E-state index is 13.4. The second kappa shape index (κ2) is 7.35. The van der Waals surface area contributed by atoms with E-state index in [-0.39, 0.29) is 23.3 Å². The Labute approximate surface area is 180 Å². The number of fused-ring (bicyclic) bond motifs is 2. The molecule has 0 aromatic heterocycles. The van der Waals surface area contributed by atoms with Gasteiger partial charge < -0.3 is 10.2 Å². The number of benzene rings is 2. The first kappa shape index (κ1) is 20.8. The number of halogens is 3. The van der Waals surface area contributed by atoms with Crippen LogP contribution in [0.3, 0.4) is 0 Å². The molecular weight excluding hydrogens is 429 g/mol. The van der Waals surface area contributed by atoms with Crippen molar-refractivity contribution in [1.29, 1.82) is 5.26 Å². The van der Waals surface area contributed by atoms with Crippen LogP contribution in [-0.2, 0) is 28.7 Å². The summed E-state index contributed by atoms with van der Waals surface area (Å²) in [4.78, 5) is 27.2. The number of anilines is 2. The van der Waals surface area contributed by atoms with Crippen LogP contribution in [0.2, 0.25) is 0 Å². The van der Waals surface area contributed by atoms with Crippen molar-refractivity contribution in [3.8, 4) is 6.07 Å². The van der Waals surface area contributed by atoms with E-state index in [0.717, 1.165) is 28.2 Å². The van der Waals surface area contributed by atoms with E-state index in [1.165, 1.54) is 19.1 Å². The minimum Gasteiger partial charge on any atom is -0.332 e. The van der Waals surface area contributed by atoms with Crippen LogP contribution in [0.4, 0.5) is 24.5 Å². The molecule has 0 bridgehead atoms. The lowest BCUT2D eigenvalue weighted by Gasteiger charge is -2.30. The predicted octanol–water partition coefficient (Wildman–Crippen LogP) is 3.59. The highest BCUT2D eigenvalue weighted by molar-refractivity contribution is 7.80. The van der Waals surface area contributed by atoms with E-state index in [4.69, 9.17) is 17.5 Å². The molecule has 0 aliphatic carbocycles. The van der Waals surface area contributed by atoms with E-state index >= 15 is 0 Å². The van der Waals surface area contributed by atoms with Gasteiger partial charge in [0.25, 0.3) is 5.91 Å². The summed E-state index contributed by atoms with van der Waals surface area (Å²) < 4.78 is 40.1. The summed E-state index contributed by atoms with van der Waals surface area (Å²) >= 11 is 5.44. The Morgan fingerprint density at radius 1 is 1.23 bits per heavy atom. The zero-order chi connectivity index (χ0) is 22.5. The largest absolute Gasteiger partial charge is 0.417 e. The monoisotopic (exact) mass is 444 g/mol. The Balaban J connectivity index is 1.68. The molecule has 1 saturated heterocycles. The molecule has 158 valence electrons. The molecule has 2 heterocycles. The molecule has 2 amide bonds. The number of hydrogen-bond donors (Lipinski definition) is 1. The minimum absolute atomic E-state index is 0.0290. The first-order valence-corrected chi connectivity index (χ1v) is 9.66. The summed E-state index contributed by atoms with van der Waals surface area (Å²) in [5.41, 5.74) is 0.721. The van der Waals surface area contributed by atoms with Gasteiger partial charge in [0.2, 0.25) is 5.91 Å². The summed E-state index contributed by atoms with van der Waals surface area (Å²) in [7, 11) is 0. The zero-order valence-electron chi connectivity index (χ0n) is 16.2. The Hall–Kier alpha value is -3.45. The lowest BCUT2D eigenvalue weighted by atomic mass is 9.94. The summed E-state index contributed by atoms with van der Waals surface area (Å²) in [6.07, 6.45) is -4.40. The van der Waals surface area contributed by atoms with Crippen LogP contribution in [0, 0.1) is 11.3 Å². The summed E-state index contributed by atoms with van der Waals surface area (Å²) in [5.74, 6) is -0.632. The zero-order valence-corrected chi connectivity index (χ0v) is 17.0. The molecule has 4 rings (SSSR count). The van der Waals surface area contributed by atoms with E-state index < -0.39 is 29.3 Å². The van der Waals surface area contributed by atoms with Crippen molar-refractivity contribution in [2.45, 2.75) is 32.1 Å². The highest BCUT2D eigenvalue weighted by Gasteiger charge is 2.46. The van der Waals surface area contributed by atoms with Crippen molar-refractivity contribution in [3.63, 3.8) is 0 Å². The van der Waals surface area contributed by atoms with E-state index in [1.807, 2.05) is 6.07 Å². The number of nitrogens with zero attached hydrogens (tertiary/aromatic N) is 3. The van der Waals surface area contributed by atoms with Crippen molar-refractivity contribution >= 4 is 40.5 Å². The van der Waals surface area contributed by atoms with Gasteiger partial charge in [0.05, 0.1) is 22.9 Å². The molecule has 6 nitrogen and oxygen atoms in total. The topological polar surface area (TPSA) is 76.4 Å². The van der Waals surface area contributed by atoms with E-state index in [2.05, 4.69) is 5.32 Å². The van der Waals surface area contributed by atoms with Crippen molar-refractivity contribution < 1.29 is 22.8 Å². The fraction of sp³-hybridized carbons (Fsp3) is 0.238. The third-order valence-corrected chi connectivity index (χ3v) is 5.70. The van der Waals surface area contributed by atoms with Gasteiger partial charge >= 0.3 is 6.18 Å². The van der Waals surface area contributed by atoms with Crippen molar-refractivity contribution in [2.24, 2.45) is 0 Å². The number of amides is 2. The number of carbonyl (C=O) groups excluding carboxylic acids is 2. The van der Waals surface area contributed by atoms with Gasteiger partial charge in [-0.05, 0) is 53.7 Å². The lowest BCUT2D eigenvalue weighted by molar-refractivity contribution is -0.137. The Morgan fingerprint density at radius 3 is 2.61 bits per heavy atom. The average molecular weight is 444 g/mol. The molecule has 2 aliphatic heterocycles. The van der Waals surface area contributed by atoms with Gasteiger partial charge in [0, 0.05) is 25.6 Å². The molecule has 1 atom stereocenters. The molecule has 10 heteroatoms. The molecule has 0 radical (unpaired) electrons. The van der Waals surface area contributed by atoms with Crippen LogP contribution in [0.1, 0.15) is 29.2 Å². The smallest absolute Gasteiger partial charge is 0.332 e. The fourth-order valence-electron chi connectivity index (χ4n) is 3.90. The second-order valence-corrected chi connectivity index (χ2v) is 7.67. The number of thiocarbonyl (C=S) groups is 1. The molecule has 1 N–H and O–H groups in total. The summed E-state index contributed by atoms with van der Waals surface area (Å²) in [5, 5.41) is 11.8. The van der Waals surface area contributed by atoms with Crippen molar-refractivity contribution in [2.75, 3.05) is 10.2 Å². The number of alkyl halides is 3. The average Bonchev–Trinajstić information content (AvgIpc) is 2.94. The molecule has 2 aliphatic rings. The van der Waals surface area contributed by atoms with Gasteiger partial charge in [-0.15, -0.1) is 0 Å². The van der Waals surface area contributed by atoms with Crippen LogP contribution in [0.5, 0.6) is 0 Å². The van der Waals surface area contributed by atoms with E-state index in [1.54, 1.807) is 17.0 Å². The van der Waals surface area contributed by atoms with Crippen LogP contribution in [0.15, 0.2) is 36.4 Å². The summed E-state index contributed by atoms with van der Waals surface area (Å²) in [6, 6.07) is 9.37. The minimum atomic E-state index is -4.74. The lowest BCUT2D eigenvalue weighted by Crippen LogP contribution is -2.40. The van der Waals surface area contributed by atoms with Gasteiger partial charge in [0.1, 0.15) is 6.04 Å². The highest BCUT2D eigenvalue weighted by Crippen LogP contribution is 2.38. The summed E-state index contributed by atoms with van der Waals surface area (Å²) in [6.45, 7) is 1.69. The van der Waals surface area contributed by atoms with Crippen LogP contribution < -0.4 is 10.2 Å². The van der Waals surface area contributed by atoms with E-state index in [0.29, 0.717) is 12.1 Å². The molecular formula is C21H15F3N4O2S. The van der Waals surface area contributed by atoms with Gasteiger partial charge in [-0.25, -0.2) is 0 Å². The predicted molar refractivity (Wildman–Crippen MR) is 110 cm³/mol. The Morgan fingerprint density at radius 2 is 1.97 bits per heavy atom. The maximum Gasteiger partial charge on any atom is 0.417 e. The fourth-order valence-corrected chi connectivity index (χ4v) is 4.29. The quantitative estimate of drug-likeness (QED) is 0.717. The van der Waals surface area contributed by atoms with Gasteiger partial charge in [-0.3, -0.25) is 14.5 Å². The SMILES string of the molecule is CC(=O)Nc1ccc2c(c1)CN1C(=S)N(c3ccc(C#N)c(C(F)(F)F)c3)C(=O)C1C2. The van der Waals surface area contributed by atoms with Gasteiger partial charge in [0.15, 0.2) is 5.11 Å². The molecule has 2 aromatic rings. The number of nitriles is 1. The van der Waals surface area contributed by atoms with Crippen LogP contribution in [-0.4, -0.2) is 27.9 Å². The normalized spacial score (nSPS) is 17.8. The molecule has 1 fully saturated rings. The number of hydrogen-bond acceptors (Lipinski definition) is 4. The number of rotatable bonds is 2. The number of carbonyl (C=O) groups is 2. The van der Waals surface area contributed by atoms with Crippen molar-refractivity contribution in [3.05, 3.63) is 58.7 Å². The second-order valence-electron chi connectivity index (χ2n) is 7.31. The third-order valence-electron chi connectivity index (χ3n) is 5.29. The van der Waals surface area contributed by atoms with Crippen LogP contribution >= 0.6 is 12.2 Å². The highest BCUT2D eigenvalue weighted by atomic mass is 32.1. The molecule has 31 heavy (non-hydrogen) atoms. The maximum atomic E-state index is 13.4. The van der Waals surface area contributed by atoms with Gasteiger partial charge in [-0.1, -0.05) is 6.07 Å². The van der Waals surface area contributed by atoms with Crippen molar-refractivity contribution in [1.82, 2.24) is 4.90 Å². The van der Waals surface area contributed by atoms with Gasteiger partial charge in [-0.2, -0.15) is 18.4 Å². The van der Waals surface area contributed by atoms with Crippen LogP contribution in [0.25, 0.3) is 0 Å². The molecule has 0 saturated carbocycles. The molecule has 1 unspecified atom stereocenters. The first-order chi connectivity index (χ1) is 14.6. The Bertz CT molecular complexity index is 1170. The third kappa shape index (κ3) is 3.61. The Kier molecular flexibility index (Phi) is 4.94. The van der Waals surface area contributed by atoms with E-state index in [9.17, 15) is 22.8 Å².